The third kappa shape index (κ3) is 2.60. The summed E-state index contributed by atoms with van der Waals surface area (Å²) in [5.41, 5.74) is -1.59. The molecule has 0 aliphatic rings. The number of hydrogen-bond acceptors (Lipinski definition) is 2. The van der Waals surface area contributed by atoms with Crippen molar-refractivity contribution in [3.63, 3.8) is 0 Å². The van der Waals surface area contributed by atoms with E-state index in [-0.39, 0.29) is 12.4 Å². The highest BCUT2D eigenvalue weighted by Crippen LogP contribution is 2.30. The number of nitriles is 1. The Balaban J connectivity index is 0.00000144. The van der Waals surface area contributed by atoms with Crippen molar-refractivity contribution in [3.8, 4) is 6.07 Å². The summed E-state index contributed by atoms with van der Waals surface area (Å²) in [5, 5.41) is 8.27. The van der Waals surface area contributed by atoms with Crippen molar-refractivity contribution in [1.82, 2.24) is 4.98 Å². The minimum Gasteiger partial charge on any atom is -0.245 e. The second-order valence-corrected chi connectivity index (χ2v) is 2.01. The zero-order valence-corrected chi connectivity index (χ0v) is 6.99. The second kappa shape index (κ2) is 4.10. The van der Waals surface area contributed by atoms with Gasteiger partial charge in [-0.25, -0.2) is 4.98 Å². The largest absolute Gasteiger partial charge is 0.419 e. The molecule has 2 nitrogen and oxygen atoms in total. The number of rotatable bonds is 0. The van der Waals surface area contributed by atoms with Crippen LogP contribution in [0.5, 0.6) is 0 Å². The molecule has 0 fully saturated rings. The first-order chi connectivity index (χ1) is 5.55. The Labute approximate surface area is 78.4 Å². The van der Waals surface area contributed by atoms with Crippen LogP contribution in [0.4, 0.5) is 13.2 Å². The van der Waals surface area contributed by atoms with E-state index in [0.29, 0.717) is 0 Å². The van der Waals surface area contributed by atoms with Crippen LogP contribution in [0.15, 0.2) is 18.3 Å². The highest BCUT2D eigenvalue weighted by Gasteiger charge is 2.33. The number of nitrogens with zero attached hydrogens (tertiary/aromatic N) is 2. The first-order valence-corrected chi connectivity index (χ1v) is 2.98. The van der Waals surface area contributed by atoms with Gasteiger partial charge in [0, 0.05) is 6.20 Å². The van der Waals surface area contributed by atoms with E-state index in [1.807, 2.05) is 0 Å². The summed E-state index contributed by atoms with van der Waals surface area (Å²) in [7, 11) is 0. The van der Waals surface area contributed by atoms with Crippen molar-refractivity contribution in [2.24, 2.45) is 0 Å². The van der Waals surface area contributed by atoms with Crippen LogP contribution < -0.4 is 0 Å². The molecule has 70 valence electrons. The molecular weight excluding hydrogens is 205 g/mol. The average molecular weight is 209 g/mol. The molecule has 0 bridgehead atoms. The Kier molecular flexibility index (Phi) is 3.69. The lowest BCUT2D eigenvalue weighted by molar-refractivity contribution is -0.138. The van der Waals surface area contributed by atoms with E-state index in [4.69, 9.17) is 5.26 Å². The van der Waals surface area contributed by atoms with E-state index in [1.165, 1.54) is 6.07 Å². The predicted molar refractivity (Wildman–Crippen MR) is 41.2 cm³/mol. The van der Waals surface area contributed by atoms with Crippen molar-refractivity contribution in [1.29, 1.82) is 5.26 Å². The minimum atomic E-state index is -4.50. The van der Waals surface area contributed by atoms with Crippen LogP contribution in [0.1, 0.15) is 11.3 Å². The van der Waals surface area contributed by atoms with Crippen molar-refractivity contribution in [2.75, 3.05) is 0 Å². The quantitative estimate of drug-likeness (QED) is 0.656. The fourth-order valence-corrected chi connectivity index (χ4v) is 0.723. The fraction of sp³-hybridized carbons (Fsp3) is 0.143. The molecule has 6 heteroatoms. The van der Waals surface area contributed by atoms with Crippen LogP contribution in [-0.2, 0) is 6.18 Å². The maximum Gasteiger partial charge on any atom is 0.419 e. The maximum atomic E-state index is 12.0. The standard InChI is InChI=1S/C7H3F3N2.ClH/c8-7(9,10)5-2-1-3-12-6(5)4-11;/h1-3H;1H. The number of hydrogen-bond donors (Lipinski definition) is 0. The van der Waals surface area contributed by atoms with Gasteiger partial charge >= 0.3 is 6.18 Å². The van der Waals surface area contributed by atoms with Gasteiger partial charge in [-0.2, -0.15) is 18.4 Å². The Hall–Kier alpha value is -1.28. The zero-order chi connectivity index (χ0) is 9.19. The summed E-state index contributed by atoms with van der Waals surface area (Å²) >= 11 is 0. The monoisotopic (exact) mass is 208 g/mol. The molecule has 1 rings (SSSR count). The topological polar surface area (TPSA) is 36.7 Å². The Bertz CT molecular complexity index is 329. The summed E-state index contributed by atoms with van der Waals surface area (Å²) in [6, 6.07) is 3.34. The second-order valence-electron chi connectivity index (χ2n) is 2.01. The number of halogens is 4. The number of pyridine rings is 1. The van der Waals surface area contributed by atoms with Crippen LogP contribution in [-0.4, -0.2) is 4.98 Å². The lowest BCUT2D eigenvalue weighted by Gasteiger charge is -2.05. The first-order valence-electron chi connectivity index (χ1n) is 2.98. The van der Waals surface area contributed by atoms with Crippen molar-refractivity contribution < 1.29 is 13.2 Å². The zero-order valence-electron chi connectivity index (χ0n) is 6.17. The molecule has 0 saturated heterocycles. The third-order valence-electron chi connectivity index (χ3n) is 1.22. The molecule has 0 aliphatic heterocycles. The molecule has 0 aliphatic carbocycles. The lowest BCUT2D eigenvalue weighted by Crippen LogP contribution is -2.08. The molecule has 0 unspecified atom stereocenters. The molecule has 0 spiro atoms. The van der Waals surface area contributed by atoms with Gasteiger partial charge < -0.3 is 0 Å². The van der Waals surface area contributed by atoms with Gasteiger partial charge in [-0.1, -0.05) is 0 Å². The molecule has 13 heavy (non-hydrogen) atoms. The lowest BCUT2D eigenvalue weighted by atomic mass is 10.2. The van der Waals surface area contributed by atoms with Gasteiger partial charge in [0.2, 0.25) is 0 Å². The summed E-state index contributed by atoms with van der Waals surface area (Å²) in [5.74, 6) is 0. The normalized spacial score (nSPS) is 10.0. The average Bonchev–Trinajstić information content (AvgIpc) is 2.03. The molecule has 0 saturated carbocycles. The van der Waals surface area contributed by atoms with E-state index in [2.05, 4.69) is 4.98 Å². The molecule has 1 heterocycles. The molecule has 1 aromatic heterocycles. The van der Waals surface area contributed by atoms with E-state index < -0.39 is 17.4 Å². The fourth-order valence-electron chi connectivity index (χ4n) is 0.723. The van der Waals surface area contributed by atoms with Crippen LogP contribution in [0.3, 0.4) is 0 Å². The van der Waals surface area contributed by atoms with E-state index in [9.17, 15) is 13.2 Å². The van der Waals surface area contributed by atoms with Gasteiger partial charge in [-0.05, 0) is 12.1 Å². The van der Waals surface area contributed by atoms with Crippen molar-refractivity contribution in [3.05, 3.63) is 29.6 Å². The smallest absolute Gasteiger partial charge is 0.245 e. The molecule has 0 atom stereocenters. The van der Waals surface area contributed by atoms with Crippen LogP contribution in [0, 0.1) is 11.3 Å². The van der Waals surface area contributed by atoms with Crippen molar-refractivity contribution in [2.45, 2.75) is 6.18 Å². The van der Waals surface area contributed by atoms with Crippen LogP contribution >= 0.6 is 12.4 Å². The maximum absolute atomic E-state index is 12.0. The summed E-state index contributed by atoms with van der Waals surface area (Å²) in [4.78, 5) is 3.28. The highest BCUT2D eigenvalue weighted by molar-refractivity contribution is 5.85. The SMILES string of the molecule is Cl.N#Cc1ncccc1C(F)(F)F. The Morgan fingerprint density at radius 2 is 2.00 bits per heavy atom. The highest BCUT2D eigenvalue weighted by atomic mass is 35.5. The first kappa shape index (κ1) is 11.7. The van der Waals surface area contributed by atoms with Gasteiger partial charge in [0.05, 0.1) is 5.56 Å². The van der Waals surface area contributed by atoms with Crippen LogP contribution in [0.2, 0.25) is 0 Å². The van der Waals surface area contributed by atoms with Gasteiger partial charge in [-0.3, -0.25) is 0 Å². The molecule has 0 amide bonds. The van der Waals surface area contributed by atoms with E-state index in [1.54, 1.807) is 0 Å². The molecule has 0 radical (unpaired) electrons. The Morgan fingerprint density at radius 1 is 1.38 bits per heavy atom. The van der Waals surface area contributed by atoms with Gasteiger partial charge in [-0.15, -0.1) is 12.4 Å². The number of aromatic nitrogens is 1. The third-order valence-corrected chi connectivity index (χ3v) is 1.22. The van der Waals surface area contributed by atoms with E-state index >= 15 is 0 Å². The van der Waals surface area contributed by atoms with E-state index in [0.717, 1.165) is 18.3 Å². The molecular formula is C7H4ClF3N2. The summed E-state index contributed by atoms with van der Waals surface area (Å²) in [6.07, 6.45) is -3.35. The van der Waals surface area contributed by atoms with Crippen molar-refractivity contribution >= 4 is 12.4 Å². The Morgan fingerprint density at radius 3 is 2.38 bits per heavy atom. The van der Waals surface area contributed by atoms with Gasteiger partial charge in [0.1, 0.15) is 6.07 Å². The van der Waals surface area contributed by atoms with Crippen LogP contribution in [0.25, 0.3) is 0 Å². The minimum absolute atomic E-state index is 0. The molecule has 0 aromatic carbocycles. The number of alkyl halides is 3. The summed E-state index contributed by atoms with van der Waals surface area (Å²) in [6.45, 7) is 0. The predicted octanol–water partition coefficient (Wildman–Crippen LogP) is 2.39. The van der Waals surface area contributed by atoms with Gasteiger partial charge in [0.15, 0.2) is 5.69 Å². The molecule has 1 aromatic rings. The summed E-state index contributed by atoms with van der Waals surface area (Å²) < 4.78 is 36.1. The van der Waals surface area contributed by atoms with Gasteiger partial charge in [0.25, 0.3) is 0 Å². The molecule has 0 N–H and O–H groups in total.